The maximum Gasteiger partial charge on any atom is 0.274 e. The topological polar surface area (TPSA) is 75.1 Å². The van der Waals surface area contributed by atoms with Crippen LogP contribution in [0.4, 0.5) is 5.69 Å². The second-order valence-electron chi connectivity index (χ2n) is 10.3. The molecule has 0 aliphatic rings. The molecule has 0 fully saturated rings. The third kappa shape index (κ3) is 5.27. The van der Waals surface area contributed by atoms with Gasteiger partial charge in [0.05, 0.1) is 12.2 Å². The third-order valence-corrected chi connectivity index (χ3v) is 7.54. The minimum Gasteiger partial charge on any atom is -0.379 e. The first-order valence-corrected chi connectivity index (χ1v) is 12.8. The van der Waals surface area contributed by atoms with Gasteiger partial charge in [-0.15, -0.1) is 0 Å². The highest BCUT2D eigenvalue weighted by Crippen LogP contribution is 2.39. The average Bonchev–Trinajstić information content (AvgIpc) is 3.32. The van der Waals surface area contributed by atoms with Crippen LogP contribution in [0.5, 0.6) is 0 Å². The highest BCUT2D eigenvalue weighted by Gasteiger charge is 2.31. The molecule has 0 aliphatic heterocycles. The minimum atomic E-state index is -0.187. The molecule has 0 saturated heterocycles. The Kier molecular flexibility index (Phi) is 7.43. The quantitative estimate of drug-likeness (QED) is 0.263. The molecule has 0 aliphatic carbocycles. The summed E-state index contributed by atoms with van der Waals surface area (Å²) in [5.74, 6) is 2.18. The number of hydrogen-bond acceptors (Lipinski definition) is 4. The van der Waals surface area contributed by atoms with E-state index >= 15 is 0 Å². The SMILES string of the molecule is C=Cc1cccc(NCc2cc(=O)n3[nH]c(-c4ccc(C(C)(CC(C)CC)C(C)C)cc4)nc3n2)c1. The summed E-state index contributed by atoms with van der Waals surface area (Å²) in [5.41, 5.74) is 4.79. The van der Waals surface area contributed by atoms with Crippen LogP contribution in [0.1, 0.15) is 64.3 Å². The summed E-state index contributed by atoms with van der Waals surface area (Å²) < 4.78 is 1.40. The summed E-state index contributed by atoms with van der Waals surface area (Å²) >= 11 is 0. The number of nitrogens with one attached hydrogen (secondary N) is 2. The lowest BCUT2D eigenvalue weighted by Crippen LogP contribution is -2.30. The van der Waals surface area contributed by atoms with Crippen molar-refractivity contribution >= 4 is 17.5 Å². The molecule has 0 saturated carbocycles. The monoisotopic (exact) mass is 483 g/mol. The zero-order valence-corrected chi connectivity index (χ0v) is 22.0. The Morgan fingerprint density at radius 1 is 1.11 bits per heavy atom. The standard InChI is InChI=1S/C30H37N5O/c1-7-21(5)18-30(6,20(3)4)24-14-12-23(13-15-24)28-33-29-32-26(17-27(36)35(29)34-28)19-31-25-11-9-10-22(8-2)16-25/h8-17,20-21,31H,2,7,18-19H2,1,3-6H3,(H,32,33,34). The van der Waals surface area contributed by atoms with Crippen LogP contribution in [0.2, 0.25) is 0 Å². The minimum absolute atomic E-state index is 0.105. The molecule has 0 bridgehead atoms. The number of benzene rings is 2. The summed E-state index contributed by atoms with van der Waals surface area (Å²) in [5, 5.41) is 6.43. The van der Waals surface area contributed by atoms with Crippen molar-refractivity contribution in [2.45, 2.75) is 59.4 Å². The maximum absolute atomic E-state index is 12.8. The Morgan fingerprint density at radius 2 is 1.86 bits per heavy atom. The van der Waals surface area contributed by atoms with Crippen molar-refractivity contribution in [1.82, 2.24) is 19.6 Å². The lowest BCUT2D eigenvalue weighted by molar-refractivity contribution is 0.264. The van der Waals surface area contributed by atoms with Gasteiger partial charge in [0.15, 0.2) is 5.82 Å². The van der Waals surface area contributed by atoms with E-state index in [0.29, 0.717) is 35.7 Å². The molecule has 0 spiro atoms. The molecule has 4 aromatic rings. The number of anilines is 1. The van der Waals surface area contributed by atoms with E-state index in [9.17, 15) is 4.79 Å². The molecular formula is C30H37N5O. The highest BCUT2D eigenvalue weighted by molar-refractivity contribution is 5.58. The smallest absolute Gasteiger partial charge is 0.274 e. The second kappa shape index (κ2) is 10.5. The number of aromatic amines is 1. The van der Waals surface area contributed by atoms with Crippen LogP contribution in [0.15, 0.2) is 66.0 Å². The Morgan fingerprint density at radius 3 is 2.53 bits per heavy atom. The summed E-state index contributed by atoms with van der Waals surface area (Å²) in [7, 11) is 0. The predicted molar refractivity (Wildman–Crippen MR) is 149 cm³/mol. The first-order valence-electron chi connectivity index (χ1n) is 12.8. The van der Waals surface area contributed by atoms with E-state index in [1.165, 1.54) is 22.6 Å². The van der Waals surface area contributed by atoms with E-state index < -0.39 is 0 Å². The van der Waals surface area contributed by atoms with Crippen LogP contribution in [0.25, 0.3) is 23.2 Å². The van der Waals surface area contributed by atoms with Crippen molar-refractivity contribution in [3.63, 3.8) is 0 Å². The second-order valence-corrected chi connectivity index (χ2v) is 10.3. The van der Waals surface area contributed by atoms with Gasteiger partial charge in [0, 0.05) is 17.3 Å². The molecular weight excluding hydrogens is 446 g/mol. The van der Waals surface area contributed by atoms with E-state index in [1.54, 1.807) is 6.08 Å². The van der Waals surface area contributed by atoms with Crippen LogP contribution in [0, 0.1) is 11.8 Å². The van der Waals surface area contributed by atoms with Gasteiger partial charge in [-0.25, -0.2) is 4.98 Å². The molecule has 36 heavy (non-hydrogen) atoms. The number of hydrogen-bond donors (Lipinski definition) is 2. The van der Waals surface area contributed by atoms with Gasteiger partial charge in [-0.1, -0.05) is 90.1 Å². The Balaban J connectivity index is 1.57. The summed E-state index contributed by atoms with van der Waals surface area (Å²) in [6.07, 6.45) is 4.13. The highest BCUT2D eigenvalue weighted by atomic mass is 16.1. The van der Waals surface area contributed by atoms with Crippen molar-refractivity contribution in [3.05, 3.63) is 88.4 Å². The Bertz CT molecular complexity index is 1400. The molecule has 4 rings (SSSR count). The molecule has 2 atom stereocenters. The van der Waals surface area contributed by atoms with E-state index in [4.69, 9.17) is 0 Å². The number of rotatable bonds is 10. The van der Waals surface area contributed by atoms with Crippen LogP contribution >= 0.6 is 0 Å². The molecule has 188 valence electrons. The van der Waals surface area contributed by atoms with Crippen molar-refractivity contribution in [1.29, 1.82) is 0 Å². The van der Waals surface area contributed by atoms with Gasteiger partial charge < -0.3 is 5.32 Å². The lowest BCUT2D eigenvalue weighted by Gasteiger charge is -2.37. The number of nitrogens with zero attached hydrogens (tertiary/aromatic N) is 3. The lowest BCUT2D eigenvalue weighted by atomic mass is 9.68. The van der Waals surface area contributed by atoms with Gasteiger partial charge in [0.25, 0.3) is 11.3 Å². The van der Waals surface area contributed by atoms with Crippen LogP contribution < -0.4 is 10.9 Å². The zero-order valence-electron chi connectivity index (χ0n) is 22.0. The van der Waals surface area contributed by atoms with Crippen molar-refractivity contribution < 1.29 is 0 Å². The third-order valence-electron chi connectivity index (χ3n) is 7.54. The fourth-order valence-electron chi connectivity index (χ4n) is 4.68. The molecule has 6 heteroatoms. The summed E-state index contributed by atoms with van der Waals surface area (Å²) in [6, 6.07) is 18.0. The van der Waals surface area contributed by atoms with Gasteiger partial charge in [0.2, 0.25) is 0 Å². The van der Waals surface area contributed by atoms with Gasteiger partial charge >= 0.3 is 0 Å². The summed E-state index contributed by atoms with van der Waals surface area (Å²) in [4.78, 5) is 22.0. The van der Waals surface area contributed by atoms with Crippen LogP contribution in [-0.2, 0) is 12.0 Å². The summed E-state index contributed by atoms with van der Waals surface area (Å²) in [6.45, 7) is 15.8. The molecule has 0 radical (unpaired) electrons. The normalized spacial score (nSPS) is 14.1. The molecule has 2 N–H and O–H groups in total. The van der Waals surface area contributed by atoms with Gasteiger partial charge in [-0.05, 0) is 46.9 Å². The fourth-order valence-corrected chi connectivity index (χ4v) is 4.68. The van der Waals surface area contributed by atoms with Gasteiger partial charge in [-0.3, -0.25) is 9.89 Å². The predicted octanol–water partition coefficient (Wildman–Crippen LogP) is 6.69. The Hall–Kier alpha value is -3.67. The number of H-pyrrole nitrogens is 1. The molecule has 0 amide bonds. The van der Waals surface area contributed by atoms with E-state index in [-0.39, 0.29) is 11.0 Å². The fraction of sp³-hybridized carbons (Fsp3) is 0.367. The zero-order chi connectivity index (χ0) is 25.9. The van der Waals surface area contributed by atoms with E-state index in [2.05, 4.69) is 85.8 Å². The van der Waals surface area contributed by atoms with Gasteiger partial charge in [0.1, 0.15) is 0 Å². The van der Waals surface area contributed by atoms with E-state index in [0.717, 1.165) is 23.2 Å². The van der Waals surface area contributed by atoms with Crippen molar-refractivity contribution in [3.8, 4) is 11.4 Å². The molecule has 2 aromatic heterocycles. The largest absolute Gasteiger partial charge is 0.379 e. The number of fused-ring (bicyclic) bond motifs is 1. The Labute approximate surface area is 213 Å². The van der Waals surface area contributed by atoms with Crippen molar-refractivity contribution in [2.75, 3.05) is 5.32 Å². The number of aromatic nitrogens is 4. The molecule has 6 nitrogen and oxygen atoms in total. The first kappa shape index (κ1) is 25.4. The molecule has 2 aromatic carbocycles. The van der Waals surface area contributed by atoms with Crippen molar-refractivity contribution in [2.24, 2.45) is 11.8 Å². The average molecular weight is 484 g/mol. The van der Waals surface area contributed by atoms with Gasteiger partial charge in [-0.2, -0.15) is 9.50 Å². The van der Waals surface area contributed by atoms with Crippen LogP contribution in [-0.4, -0.2) is 19.6 Å². The molecule has 2 unspecified atom stereocenters. The van der Waals surface area contributed by atoms with Crippen LogP contribution in [0.3, 0.4) is 0 Å². The molecule has 2 heterocycles. The first-order chi connectivity index (χ1) is 17.2. The maximum atomic E-state index is 12.8. The van der Waals surface area contributed by atoms with E-state index in [1.807, 2.05) is 24.3 Å².